The van der Waals surface area contributed by atoms with Crippen LogP contribution < -0.4 is 11.1 Å². The molecule has 0 saturated carbocycles. The molecular formula is C13H15N3O2. The lowest BCUT2D eigenvalue weighted by atomic mass is 10.1. The second-order valence-corrected chi connectivity index (χ2v) is 3.97. The van der Waals surface area contributed by atoms with E-state index >= 15 is 0 Å². The fourth-order valence-corrected chi connectivity index (χ4v) is 1.70. The molecule has 0 aliphatic rings. The number of nitrogens with two attached hydrogens (primary N) is 1. The van der Waals surface area contributed by atoms with Crippen molar-refractivity contribution in [1.82, 2.24) is 10.3 Å². The summed E-state index contributed by atoms with van der Waals surface area (Å²) in [6.45, 7) is -0.161. The Kier molecular flexibility index (Phi) is 3.64. The number of aromatic nitrogens is 1. The molecule has 0 spiro atoms. The van der Waals surface area contributed by atoms with Crippen LogP contribution in [-0.2, 0) is 0 Å². The lowest BCUT2D eigenvalue weighted by molar-refractivity contribution is 0.0912. The molecule has 1 aromatic carbocycles. The number of aromatic amines is 1. The number of hydrogen-bond acceptors (Lipinski definition) is 3. The van der Waals surface area contributed by atoms with Crippen LogP contribution in [0, 0.1) is 0 Å². The Balaban J connectivity index is 2.10. The van der Waals surface area contributed by atoms with Crippen molar-refractivity contribution in [2.45, 2.75) is 6.04 Å². The molecule has 1 heterocycles. The number of anilines is 1. The van der Waals surface area contributed by atoms with E-state index in [0.717, 1.165) is 5.56 Å². The summed E-state index contributed by atoms with van der Waals surface area (Å²) in [6, 6.07) is 10.4. The van der Waals surface area contributed by atoms with Gasteiger partial charge < -0.3 is 21.1 Å². The van der Waals surface area contributed by atoms with E-state index in [1.54, 1.807) is 12.3 Å². The summed E-state index contributed by atoms with van der Waals surface area (Å²) in [5.74, 6) is -0.297. The SMILES string of the molecule is Nc1c[nH]c(C(=O)N[C@H](CO)c2ccccc2)c1. The van der Waals surface area contributed by atoms with Gasteiger partial charge in [0.25, 0.3) is 5.91 Å². The second kappa shape index (κ2) is 5.37. The molecule has 0 unspecified atom stereocenters. The van der Waals surface area contributed by atoms with Crippen LogP contribution >= 0.6 is 0 Å². The molecule has 0 radical (unpaired) electrons. The Morgan fingerprint density at radius 3 is 2.67 bits per heavy atom. The molecule has 94 valence electrons. The van der Waals surface area contributed by atoms with Crippen LogP contribution in [-0.4, -0.2) is 22.6 Å². The van der Waals surface area contributed by atoms with Gasteiger partial charge in [-0.05, 0) is 11.6 Å². The number of aliphatic hydroxyl groups is 1. The lowest BCUT2D eigenvalue weighted by Gasteiger charge is -2.16. The molecule has 1 atom stereocenters. The molecule has 2 aromatic rings. The van der Waals surface area contributed by atoms with Crippen LogP contribution in [0.2, 0.25) is 0 Å². The van der Waals surface area contributed by atoms with Gasteiger partial charge in [-0.2, -0.15) is 0 Å². The molecule has 0 aliphatic heterocycles. The minimum atomic E-state index is -0.428. The standard InChI is InChI=1S/C13H15N3O2/c14-10-6-11(15-7-10)13(18)16-12(8-17)9-4-2-1-3-5-9/h1-7,12,15,17H,8,14H2,(H,16,18)/t12-/m1/s1. The topological polar surface area (TPSA) is 91.1 Å². The second-order valence-electron chi connectivity index (χ2n) is 3.97. The average Bonchev–Trinajstić information content (AvgIpc) is 2.83. The van der Waals surface area contributed by atoms with Gasteiger partial charge >= 0.3 is 0 Å². The Labute approximate surface area is 105 Å². The smallest absolute Gasteiger partial charge is 0.268 e. The van der Waals surface area contributed by atoms with Crippen LogP contribution in [0.5, 0.6) is 0 Å². The van der Waals surface area contributed by atoms with Crippen molar-refractivity contribution in [2.24, 2.45) is 0 Å². The van der Waals surface area contributed by atoms with Crippen molar-refractivity contribution in [1.29, 1.82) is 0 Å². The highest BCUT2D eigenvalue weighted by Gasteiger charge is 2.15. The summed E-state index contributed by atoms with van der Waals surface area (Å²) in [7, 11) is 0. The quantitative estimate of drug-likeness (QED) is 0.649. The van der Waals surface area contributed by atoms with Crippen LogP contribution in [0.15, 0.2) is 42.6 Å². The number of hydrogen-bond donors (Lipinski definition) is 4. The first-order valence-corrected chi connectivity index (χ1v) is 5.61. The van der Waals surface area contributed by atoms with Crippen LogP contribution in [0.25, 0.3) is 0 Å². The van der Waals surface area contributed by atoms with Gasteiger partial charge in [-0.15, -0.1) is 0 Å². The van der Waals surface area contributed by atoms with Gasteiger partial charge in [-0.25, -0.2) is 0 Å². The molecule has 1 amide bonds. The molecule has 1 aromatic heterocycles. The van der Waals surface area contributed by atoms with E-state index in [2.05, 4.69) is 10.3 Å². The van der Waals surface area contributed by atoms with E-state index in [1.165, 1.54) is 0 Å². The van der Waals surface area contributed by atoms with Crippen molar-refractivity contribution in [3.63, 3.8) is 0 Å². The van der Waals surface area contributed by atoms with Crippen molar-refractivity contribution in [2.75, 3.05) is 12.3 Å². The summed E-state index contributed by atoms with van der Waals surface area (Å²) < 4.78 is 0. The maximum Gasteiger partial charge on any atom is 0.268 e. The third kappa shape index (κ3) is 2.70. The molecule has 5 nitrogen and oxygen atoms in total. The first kappa shape index (κ1) is 12.2. The predicted octanol–water partition coefficient (Wildman–Crippen LogP) is 1.06. The maximum absolute atomic E-state index is 11.9. The Morgan fingerprint density at radius 2 is 2.11 bits per heavy atom. The Morgan fingerprint density at radius 1 is 1.39 bits per heavy atom. The first-order chi connectivity index (χ1) is 8.70. The number of nitrogen functional groups attached to an aromatic ring is 1. The van der Waals surface area contributed by atoms with Gasteiger partial charge in [0.1, 0.15) is 5.69 Å². The van der Waals surface area contributed by atoms with Gasteiger partial charge in [0.05, 0.1) is 12.6 Å². The minimum absolute atomic E-state index is 0.161. The molecule has 5 N–H and O–H groups in total. The van der Waals surface area contributed by atoms with E-state index in [4.69, 9.17) is 5.73 Å². The number of benzene rings is 1. The number of carbonyl (C=O) groups excluding carboxylic acids is 1. The van der Waals surface area contributed by atoms with Crippen LogP contribution in [0.4, 0.5) is 5.69 Å². The van der Waals surface area contributed by atoms with Gasteiger partial charge in [-0.3, -0.25) is 4.79 Å². The van der Waals surface area contributed by atoms with Gasteiger partial charge in [0, 0.05) is 11.9 Å². The highest BCUT2D eigenvalue weighted by Crippen LogP contribution is 2.13. The maximum atomic E-state index is 11.9. The van der Waals surface area contributed by atoms with Crippen molar-refractivity contribution in [3.8, 4) is 0 Å². The molecule has 18 heavy (non-hydrogen) atoms. The zero-order chi connectivity index (χ0) is 13.0. The highest BCUT2D eigenvalue weighted by molar-refractivity contribution is 5.93. The van der Waals surface area contributed by atoms with Crippen molar-refractivity contribution >= 4 is 11.6 Å². The van der Waals surface area contributed by atoms with E-state index in [1.807, 2.05) is 30.3 Å². The van der Waals surface area contributed by atoms with Gasteiger partial charge in [0.2, 0.25) is 0 Å². The molecule has 0 fully saturated rings. The van der Waals surface area contributed by atoms with Crippen molar-refractivity contribution < 1.29 is 9.90 Å². The largest absolute Gasteiger partial charge is 0.397 e. The zero-order valence-electron chi connectivity index (χ0n) is 9.76. The molecular weight excluding hydrogens is 230 g/mol. The molecule has 0 aliphatic carbocycles. The first-order valence-electron chi connectivity index (χ1n) is 5.61. The third-order valence-electron chi connectivity index (χ3n) is 2.64. The number of rotatable bonds is 4. The third-order valence-corrected chi connectivity index (χ3v) is 2.64. The average molecular weight is 245 g/mol. The summed E-state index contributed by atoms with van der Waals surface area (Å²) in [4.78, 5) is 14.7. The lowest BCUT2D eigenvalue weighted by Crippen LogP contribution is -2.30. The Bertz CT molecular complexity index is 522. The van der Waals surface area contributed by atoms with Gasteiger partial charge in [0.15, 0.2) is 0 Å². The zero-order valence-corrected chi connectivity index (χ0v) is 9.76. The summed E-state index contributed by atoms with van der Waals surface area (Å²) >= 11 is 0. The summed E-state index contributed by atoms with van der Waals surface area (Å²) in [6.07, 6.45) is 1.55. The Hall–Kier alpha value is -2.27. The van der Waals surface area contributed by atoms with E-state index < -0.39 is 6.04 Å². The molecule has 0 saturated heterocycles. The molecule has 2 rings (SSSR count). The fraction of sp³-hybridized carbons (Fsp3) is 0.154. The normalized spacial score (nSPS) is 12.1. The number of H-pyrrole nitrogens is 1. The van der Waals surface area contributed by atoms with E-state index in [0.29, 0.717) is 11.4 Å². The molecule has 5 heteroatoms. The number of carbonyl (C=O) groups is 1. The number of nitrogens with one attached hydrogen (secondary N) is 2. The van der Waals surface area contributed by atoms with Crippen LogP contribution in [0.3, 0.4) is 0 Å². The summed E-state index contributed by atoms with van der Waals surface area (Å²) in [5.41, 5.74) is 7.26. The number of amides is 1. The van der Waals surface area contributed by atoms with E-state index in [-0.39, 0.29) is 12.5 Å². The highest BCUT2D eigenvalue weighted by atomic mass is 16.3. The van der Waals surface area contributed by atoms with Crippen molar-refractivity contribution in [3.05, 3.63) is 53.9 Å². The number of aliphatic hydroxyl groups excluding tert-OH is 1. The minimum Gasteiger partial charge on any atom is -0.397 e. The predicted molar refractivity (Wildman–Crippen MR) is 68.9 cm³/mol. The van der Waals surface area contributed by atoms with Crippen LogP contribution in [0.1, 0.15) is 22.1 Å². The molecule has 0 bridgehead atoms. The summed E-state index contributed by atoms with van der Waals surface area (Å²) in [5, 5.41) is 12.1. The monoisotopic (exact) mass is 245 g/mol. The van der Waals surface area contributed by atoms with Gasteiger partial charge in [-0.1, -0.05) is 30.3 Å². The fourth-order valence-electron chi connectivity index (χ4n) is 1.70. The van der Waals surface area contributed by atoms with E-state index in [9.17, 15) is 9.90 Å².